The molecule has 1 aromatic rings. The number of amides is 2. The number of carbonyl (C=O) groups is 2. The topological polar surface area (TPSA) is 43.9 Å². The van der Waals surface area contributed by atoms with Crippen molar-refractivity contribution in [1.82, 2.24) is 14.7 Å². The number of hydrogen-bond donors (Lipinski definition) is 0. The molecule has 0 N–H and O–H groups in total. The van der Waals surface area contributed by atoms with Gasteiger partial charge in [0.1, 0.15) is 5.82 Å². The molecule has 3 aliphatic rings. The molecule has 0 saturated carbocycles. The van der Waals surface area contributed by atoms with Crippen molar-refractivity contribution in [3.05, 3.63) is 35.6 Å². The summed E-state index contributed by atoms with van der Waals surface area (Å²) in [5, 5.41) is 0. The number of halogens is 1. The molecular formula is C23H32FN3O2. The van der Waals surface area contributed by atoms with Crippen molar-refractivity contribution in [1.29, 1.82) is 0 Å². The maximum absolute atomic E-state index is 14.2. The fourth-order valence-corrected chi connectivity index (χ4v) is 5.36. The predicted molar refractivity (Wildman–Crippen MR) is 110 cm³/mol. The molecule has 2 amide bonds. The molecule has 3 fully saturated rings. The minimum Gasteiger partial charge on any atom is -0.341 e. The normalized spacial score (nSPS) is 25.4. The fourth-order valence-electron chi connectivity index (χ4n) is 5.36. The van der Waals surface area contributed by atoms with Crippen LogP contribution in [0.4, 0.5) is 4.39 Å². The van der Waals surface area contributed by atoms with E-state index in [1.165, 1.54) is 12.5 Å². The summed E-state index contributed by atoms with van der Waals surface area (Å²) < 4.78 is 14.2. The molecule has 1 unspecified atom stereocenters. The van der Waals surface area contributed by atoms with Gasteiger partial charge in [0.2, 0.25) is 11.8 Å². The Morgan fingerprint density at radius 3 is 2.62 bits per heavy atom. The Kier molecular flexibility index (Phi) is 5.91. The summed E-state index contributed by atoms with van der Waals surface area (Å²) in [5.74, 6) is 0.0946. The van der Waals surface area contributed by atoms with Crippen LogP contribution in [0.25, 0.3) is 0 Å². The van der Waals surface area contributed by atoms with Gasteiger partial charge in [-0.25, -0.2) is 4.39 Å². The molecule has 1 atom stereocenters. The minimum atomic E-state index is -0.258. The third kappa shape index (κ3) is 4.04. The van der Waals surface area contributed by atoms with Crippen molar-refractivity contribution in [3.63, 3.8) is 0 Å². The van der Waals surface area contributed by atoms with E-state index in [-0.39, 0.29) is 29.2 Å². The lowest BCUT2D eigenvalue weighted by Crippen LogP contribution is -2.56. The van der Waals surface area contributed by atoms with Crippen LogP contribution in [0, 0.1) is 5.82 Å². The first-order chi connectivity index (χ1) is 14.0. The zero-order valence-corrected chi connectivity index (χ0v) is 17.4. The zero-order chi connectivity index (χ0) is 20.4. The Hall–Kier alpha value is -1.95. The Morgan fingerprint density at radius 1 is 1.10 bits per heavy atom. The van der Waals surface area contributed by atoms with Gasteiger partial charge in [0.25, 0.3) is 0 Å². The Morgan fingerprint density at radius 2 is 1.86 bits per heavy atom. The number of nitrogens with zero attached hydrogens (tertiary/aromatic N) is 3. The van der Waals surface area contributed by atoms with E-state index in [1.807, 2.05) is 15.9 Å². The SMILES string of the molecule is CN1CCCCCC1C(=O)N1CCC2(CCC(=O)N2Cc2ccccc2F)CC1. The number of carbonyl (C=O) groups excluding carboxylic acids is 2. The van der Waals surface area contributed by atoms with Crippen LogP contribution < -0.4 is 0 Å². The van der Waals surface area contributed by atoms with Crippen LogP contribution in [0.15, 0.2) is 24.3 Å². The van der Waals surface area contributed by atoms with Crippen molar-refractivity contribution in [2.24, 2.45) is 0 Å². The smallest absolute Gasteiger partial charge is 0.239 e. The summed E-state index contributed by atoms with van der Waals surface area (Å²) in [6.45, 7) is 2.68. The predicted octanol–water partition coefficient (Wildman–Crippen LogP) is 3.18. The number of likely N-dealkylation sites (N-methyl/N-ethyl adjacent to an activating group) is 1. The second-order valence-corrected chi connectivity index (χ2v) is 8.97. The van der Waals surface area contributed by atoms with E-state index in [0.717, 1.165) is 45.1 Å². The van der Waals surface area contributed by atoms with Crippen LogP contribution in [-0.2, 0) is 16.1 Å². The molecule has 3 heterocycles. The van der Waals surface area contributed by atoms with Crippen LogP contribution in [0.2, 0.25) is 0 Å². The van der Waals surface area contributed by atoms with Crippen molar-refractivity contribution < 1.29 is 14.0 Å². The second kappa shape index (κ2) is 8.42. The van der Waals surface area contributed by atoms with E-state index in [2.05, 4.69) is 11.9 Å². The van der Waals surface area contributed by atoms with Gasteiger partial charge in [0.05, 0.1) is 6.04 Å². The molecule has 0 aromatic heterocycles. The van der Waals surface area contributed by atoms with Gasteiger partial charge in [0.15, 0.2) is 0 Å². The number of hydrogen-bond acceptors (Lipinski definition) is 3. The summed E-state index contributed by atoms with van der Waals surface area (Å²) in [7, 11) is 2.06. The first-order valence-corrected chi connectivity index (χ1v) is 11.0. The maximum atomic E-state index is 14.2. The van der Waals surface area contributed by atoms with E-state index < -0.39 is 0 Å². The summed E-state index contributed by atoms with van der Waals surface area (Å²) in [5.41, 5.74) is 0.339. The number of benzene rings is 1. The monoisotopic (exact) mass is 401 g/mol. The number of likely N-dealkylation sites (tertiary alicyclic amines) is 3. The third-order valence-electron chi connectivity index (χ3n) is 7.28. The van der Waals surface area contributed by atoms with E-state index in [1.54, 1.807) is 12.1 Å². The quantitative estimate of drug-likeness (QED) is 0.781. The van der Waals surface area contributed by atoms with E-state index in [4.69, 9.17) is 0 Å². The van der Waals surface area contributed by atoms with Gasteiger partial charge in [-0.1, -0.05) is 31.0 Å². The molecule has 29 heavy (non-hydrogen) atoms. The molecule has 6 heteroatoms. The lowest BCUT2D eigenvalue weighted by atomic mass is 9.84. The molecule has 158 valence electrons. The molecule has 1 aromatic carbocycles. The highest BCUT2D eigenvalue weighted by atomic mass is 19.1. The molecular weight excluding hydrogens is 369 g/mol. The first kappa shape index (κ1) is 20.3. The molecule has 1 spiro atoms. The molecule has 5 nitrogen and oxygen atoms in total. The summed E-state index contributed by atoms with van der Waals surface area (Å²) in [4.78, 5) is 31.9. The third-order valence-corrected chi connectivity index (χ3v) is 7.28. The highest BCUT2D eigenvalue weighted by Gasteiger charge is 2.48. The van der Waals surface area contributed by atoms with E-state index in [0.29, 0.717) is 31.6 Å². The Labute approximate surface area is 172 Å². The minimum absolute atomic E-state index is 0.00808. The van der Waals surface area contributed by atoms with Crippen LogP contribution in [0.1, 0.15) is 56.9 Å². The molecule has 0 bridgehead atoms. The Bertz CT molecular complexity index is 760. The zero-order valence-electron chi connectivity index (χ0n) is 17.4. The highest BCUT2D eigenvalue weighted by molar-refractivity contribution is 5.82. The van der Waals surface area contributed by atoms with Gasteiger partial charge in [-0.05, 0) is 51.8 Å². The maximum Gasteiger partial charge on any atom is 0.239 e. The van der Waals surface area contributed by atoms with E-state index in [9.17, 15) is 14.0 Å². The molecule has 0 radical (unpaired) electrons. The summed E-state index contributed by atoms with van der Waals surface area (Å²) in [6, 6.07) is 6.69. The van der Waals surface area contributed by atoms with Gasteiger partial charge >= 0.3 is 0 Å². The average Bonchev–Trinajstić information content (AvgIpc) is 2.88. The van der Waals surface area contributed by atoms with Crippen molar-refractivity contribution in [2.45, 2.75) is 69.5 Å². The lowest BCUT2D eigenvalue weighted by molar-refractivity contribution is -0.140. The van der Waals surface area contributed by atoms with Gasteiger partial charge in [-0.2, -0.15) is 0 Å². The van der Waals surface area contributed by atoms with Crippen LogP contribution in [0.5, 0.6) is 0 Å². The van der Waals surface area contributed by atoms with Gasteiger partial charge in [0, 0.05) is 37.2 Å². The Balaban J connectivity index is 1.43. The van der Waals surface area contributed by atoms with E-state index >= 15 is 0 Å². The number of piperidine rings is 1. The van der Waals surface area contributed by atoms with Gasteiger partial charge in [-0.3, -0.25) is 14.5 Å². The van der Waals surface area contributed by atoms with Gasteiger partial charge < -0.3 is 9.80 Å². The number of rotatable bonds is 3. The van der Waals surface area contributed by atoms with Gasteiger partial charge in [-0.15, -0.1) is 0 Å². The van der Waals surface area contributed by atoms with Crippen molar-refractivity contribution >= 4 is 11.8 Å². The fraction of sp³-hybridized carbons (Fsp3) is 0.652. The summed E-state index contributed by atoms with van der Waals surface area (Å²) >= 11 is 0. The molecule has 4 rings (SSSR count). The lowest BCUT2D eigenvalue weighted by Gasteiger charge is -2.46. The second-order valence-electron chi connectivity index (χ2n) is 8.97. The van der Waals surface area contributed by atoms with Crippen LogP contribution >= 0.6 is 0 Å². The highest BCUT2D eigenvalue weighted by Crippen LogP contribution is 2.40. The summed E-state index contributed by atoms with van der Waals surface area (Å²) in [6.07, 6.45) is 7.32. The molecule has 3 saturated heterocycles. The van der Waals surface area contributed by atoms with Crippen molar-refractivity contribution in [3.8, 4) is 0 Å². The first-order valence-electron chi connectivity index (χ1n) is 11.0. The van der Waals surface area contributed by atoms with Crippen LogP contribution in [-0.4, -0.2) is 64.8 Å². The largest absolute Gasteiger partial charge is 0.341 e. The molecule has 0 aliphatic carbocycles. The van der Waals surface area contributed by atoms with Crippen LogP contribution in [0.3, 0.4) is 0 Å². The average molecular weight is 402 g/mol. The van der Waals surface area contributed by atoms with Crippen molar-refractivity contribution in [2.75, 3.05) is 26.7 Å². The molecule has 3 aliphatic heterocycles. The standard InChI is InChI=1S/C23H32FN3O2/c1-25-14-6-2-3-9-20(25)22(29)26-15-12-23(13-16-26)11-10-21(28)27(23)17-18-7-4-5-8-19(18)24/h4-5,7-8,20H,2-3,6,9-17H2,1H3.